The van der Waals surface area contributed by atoms with Gasteiger partial charge in [-0.2, -0.15) is 4.98 Å². The Morgan fingerprint density at radius 3 is 2.57 bits per heavy atom. The fraction of sp³-hybridized carbons (Fsp3) is 0.214. The number of hydrogen-bond acceptors (Lipinski definition) is 4. The number of hydrazine groups is 1. The lowest BCUT2D eigenvalue weighted by molar-refractivity contribution is 0.412. The van der Waals surface area contributed by atoms with Crippen molar-refractivity contribution in [3.05, 3.63) is 45.9 Å². The lowest BCUT2D eigenvalue weighted by Gasteiger charge is -2.14. The third-order valence-corrected chi connectivity index (χ3v) is 3.33. The van der Waals surface area contributed by atoms with E-state index in [1.54, 1.807) is 12.1 Å². The summed E-state index contributed by atoms with van der Waals surface area (Å²) in [5.41, 5.74) is 2.93. The molecule has 0 bridgehead atoms. The molecule has 7 heteroatoms. The summed E-state index contributed by atoms with van der Waals surface area (Å²) in [4.78, 5) is 3.69. The minimum Gasteiger partial charge on any atom is -0.436 e. The molecule has 2 rings (SSSR count). The number of anilines is 1. The van der Waals surface area contributed by atoms with Gasteiger partial charge in [0.25, 0.3) is 5.88 Å². The third kappa shape index (κ3) is 3.48. The standard InChI is InChI=1S/C14H14BrF2N3O/c1-7(2)9-5-8(15)3-4-12(9)21-14-11(17)6-10(16)13(19-14)20-18/h3-7H,18H2,1-2H3,(H,19,20). The summed E-state index contributed by atoms with van der Waals surface area (Å²) < 4.78 is 33.5. The van der Waals surface area contributed by atoms with Crippen LogP contribution >= 0.6 is 15.9 Å². The number of hydrogen-bond donors (Lipinski definition) is 2. The molecule has 0 radical (unpaired) electrons. The van der Waals surface area contributed by atoms with E-state index in [-0.39, 0.29) is 17.6 Å². The van der Waals surface area contributed by atoms with Gasteiger partial charge >= 0.3 is 0 Å². The number of ether oxygens (including phenoxy) is 1. The Hall–Kier alpha value is -1.73. The van der Waals surface area contributed by atoms with Gasteiger partial charge in [-0.15, -0.1) is 0 Å². The molecule has 0 unspecified atom stereocenters. The van der Waals surface area contributed by atoms with Crippen LogP contribution in [0.25, 0.3) is 0 Å². The third-order valence-electron chi connectivity index (χ3n) is 2.83. The quantitative estimate of drug-likeness (QED) is 0.631. The zero-order valence-electron chi connectivity index (χ0n) is 11.5. The number of nitrogen functional groups attached to an aromatic ring is 1. The Balaban J connectivity index is 2.43. The van der Waals surface area contributed by atoms with Crippen LogP contribution in [0.4, 0.5) is 14.6 Å². The number of nitrogens with zero attached hydrogens (tertiary/aromatic N) is 1. The second-order valence-corrected chi connectivity index (χ2v) is 5.60. The summed E-state index contributed by atoms with van der Waals surface area (Å²) in [6.45, 7) is 3.96. The highest BCUT2D eigenvalue weighted by Crippen LogP contribution is 2.33. The maximum atomic E-state index is 13.8. The Morgan fingerprint density at radius 1 is 1.24 bits per heavy atom. The van der Waals surface area contributed by atoms with E-state index in [2.05, 4.69) is 26.3 Å². The van der Waals surface area contributed by atoms with Gasteiger partial charge in [-0.1, -0.05) is 29.8 Å². The summed E-state index contributed by atoms with van der Waals surface area (Å²) >= 11 is 3.38. The molecule has 0 atom stereocenters. The lowest BCUT2D eigenvalue weighted by Crippen LogP contribution is -2.11. The van der Waals surface area contributed by atoms with Crippen molar-refractivity contribution < 1.29 is 13.5 Å². The normalized spacial score (nSPS) is 10.8. The molecule has 1 aromatic carbocycles. The van der Waals surface area contributed by atoms with Gasteiger partial charge in [0, 0.05) is 10.5 Å². The van der Waals surface area contributed by atoms with Crippen LogP contribution in [0.2, 0.25) is 0 Å². The minimum atomic E-state index is -0.899. The number of benzene rings is 1. The summed E-state index contributed by atoms with van der Waals surface area (Å²) in [7, 11) is 0. The Morgan fingerprint density at radius 2 is 1.95 bits per heavy atom. The number of nitrogens with two attached hydrogens (primary N) is 1. The first kappa shape index (κ1) is 15.7. The van der Waals surface area contributed by atoms with Crippen LogP contribution in [0.3, 0.4) is 0 Å². The molecular formula is C14H14BrF2N3O. The zero-order chi connectivity index (χ0) is 15.6. The van der Waals surface area contributed by atoms with E-state index in [1.807, 2.05) is 19.9 Å². The first-order valence-corrected chi connectivity index (χ1v) is 7.01. The molecule has 0 amide bonds. The van der Waals surface area contributed by atoms with Crippen LogP contribution in [-0.2, 0) is 0 Å². The van der Waals surface area contributed by atoms with Gasteiger partial charge in [0.1, 0.15) is 5.75 Å². The van der Waals surface area contributed by atoms with Crippen LogP contribution in [0.1, 0.15) is 25.3 Å². The van der Waals surface area contributed by atoms with Gasteiger partial charge in [-0.25, -0.2) is 14.6 Å². The predicted molar refractivity (Wildman–Crippen MR) is 80.3 cm³/mol. The van der Waals surface area contributed by atoms with Crippen molar-refractivity contribution in [3.63, 3.8) is 0 Å². The van der Waals surface area contributed by atoms with E-state index in [0.717, 1.165) is 10.0 Å². The molecule has 0 saturated heterocycles. The number of aromatic nitrogens is 1. The Bertz CT molecular complexity index is 665. The predicted octanol–water partition coefficient (Wildman–Crippen LogP) is 4.32. The Kier molecular flexibility index (Phi) is 4.74. The van der Waals surface area contributed by atoms with Crippen molar-refractivity contribution in [2.75, 3.05) is 5.43 Å². The van der Waals surface area contributed by atoms with E-state index >= 15 is 0 Å². The molecule has 4 nitrogen and oxygen atoms in total. The largest absolute Gasteiger partial charge is 0.436 e. The SMILES string of the molecule is CC(C)c1cc(Br)ccc1Oc1nc(NN)c(F)cc1F. The van der Waals surface area contributed by atoms with E-state index < -0.39 is 11.6 Å². The molecular weight excluding hydrogens is 344 g/mol. The molecule has 2 aromatic rings. The second-order valence-electron chi connectivity index (χ2n) is 4.69. The molecule has 112 valence electrons. The highest BCUT2D eigenvalue weighted by atomic mass is 79.9. The summed E-state index contributed by atoms with van der Waals surface area (Å²) in [6, 6.07) is 6.01. The number of rotatable bonds is 4. The average Bonchev–Trinajstić information content (AvgIpc) is 2.43. The minimum absolute atomic E-state index is 0.160. The molecule has 0 spiro atoms. The van der Waals surface area contributed by atoms with Crippen LogP contribution in [-0.4, -0.2) is 4.98 Å². The van der Waals surface area contributed by atoms with Crippen molar-refractivity contribution in [2.24, 2.45) is 5.84 Å². The van der Waals surface area contributed by atoms with Crippen LogP contribution in [0.15, 0.2) is 28.7 Å². The lowest BCUT2D eigenvalue weighted by atomic mass is 10.0. The summed E-state index contributed by atoms with van der Waals surface area (Å²) in [5.74, 6) is 3.33. The molecule has 3 N–H and O–H groups in total. The molecule has 21 heavy (non-hydrogen) atoms. The highest BCUT2D eigenvalue weighted by molar-refractivity contribution is 9.10. The topological polar surface area (TPSA) is 60.2 Å². The van der Waals surface area contributed by atoms with E-state index in [9.17, 15) is 8.78 Å². The van der Waals surface area contributed by atoms with Gasteiger partial charge in [-0.3, -0.25) is 0 Å². The molecule has 1 aromatic heterocycles. The second kappa shape index (κ2) is 6.36. The van der Waals surface area contributed by atoms with Crippen molar-refractivity contribution in [2.45, 2.75) is 19.8 Å². The van der Waals surface area contributed by atoms with E-state index in [0.29, 0.717) is 11.8 Å². The average molecular weight is 358 g/mol. The van der Waals surface area contributed by atoms with Crippen molar-refractivity contribution in [1.29, 1.82) is 0 Å². The van der Waals surface area contributed by atoms with Gasteiger partial charge in [0.15, 0.2) is 17.5 Å². The molecule has 0 fully saturated rings. The molecule has 0 aliphatic carbocycles. The van der Waals surface area contributed by atoms with Crippen molar-refractivity contribution >= 4 is 21.7 Å². The van der Waals surface area contributed by atoms with Gasteiger partial charge in [0.05, 0.1) is 0 Å². The van der Waals surface area contributed by atoms with Crippen molar-refractivity contribution in [3.8, 4) is 11.6 Å². The first-order chi connectivity index (χ1) is 9.92. The number of pyridine rings is 1. The fourth-order valence-corrected chi connectivity index (χ4v) is 2.17. The molecule has 0 saturated carbocycles. The summed E-state index contributed by atoms with van der Waals surface area (Å²) in [6.07, 6.45) is 0. The molecule has 0 aliphatic rings. The van der Waals surface area contributed by atoms with Crippen LogP contribution in [0.5, 0.6) is 11.6 Å². The maximum Gasteiger partial charge on any atom is 0.258 e. The van der Waals surface area contributed by atoms with E-state index in [4.69, 9.17) is 10.6 Å². The smallest absolute Gasteiger partial charge is 0.258 e. The highest BCUT2D eigenvalue weighted by Gasteiger charge is 2.16. The van der Waals surface area contributed by atoms with Crippen LogP contribution < -0.4 is 16.0 Å². The number of nitrogens with one attached hydrogen (secondary N) is 1. The fourth-order valence-electron chi connectivity index (χ4n) is 1.79. The maximum absolute atomic E-state index is 13.8. The Labute approximate surface area is 129 Å². The van der Waals surface area contributed by atoms with Gasteiger partial charge in [0.2, 0.25) is 0 Å². The van der Waals surface area contributed by atoms with Crippen LogP contribution in [0, 0.1) is 11.6 Å². The first-order valence-electron chi connectivity index (χ1n) is 6.22. The van der Waals surface area contributed by atoms with Crippen molar-refractivity contribution in [1.82, 2.24) is 4.98 Å². The zero-order valence-corrected chi connectivity index (χ0v) is 13.0. The monoisotopic (exact) mass is 357 g/mol. The number of halogens is 3. The van der Waals surface area contributed by atoms with Gasteiger partial charge in [-0.05, 0) is 29.7 Å². The summed E-state index contributed by atoms with van der Waals surface area (Å²) in [5, 5.41) is 0. The molecule has 1 heterocycles. The molecule has 0 aliphatic heterocycles. The van der Waals surface area contributed by atoms with Gasteiger partial charge < -0.3 is 10.2 Å². The van der Waals surface area contributed by atoms with E-state index in [1.165, 1.54) is 0 Å².